The molecule has 3 N–H and O–H groups in total. The Kier molecular flexibility index (Phi) is 4.96. The summed E-state index contributed by atoms with van der Waals surface area (Å²) in [6.45, 7) is 0.340. The number of anilines is 2. The van der Waals surface area contributed by atoms with Crippen LogP contribution in [0.1, 0.15) is 17.0 Å². The number of rotatable bonds is 4. The molecule has 0 fully saturated rings. The molecule has 0 aliphatic carbocycles. The zero-order chi connectivity index (χ0) is 18.0. The summed E-state index contributed by atoms with van der Waals surface area (Å²) in [5, 5.41) is 2.89. The highest BCUT2D eigenvalue weighted by Crippen LogP contribution is 2.47. The fourth-order valence-electron chi connectivity index (χ4n) is 2.28. The number of nitrogens with two attached hydrogens (primary N) is 1. The molecule has 2 aromatic rings. The fourth-order valence-corrected chi connectivity index (χ4v) is 2.28. The predicted molar refractivity (Wildman–Crippen MR) is 79.5 cm³/mol. The molecule has 0 spiro atoms. The van der Waals surface area contributed by atoms with Gasteiger partial charge in [0.2, 0.25) is 0 Å². The lowest BCUT2D eigenvalue weighted by Crippen LogP contribution is -2.34. The van der Waals surface area contributed by atoms with Gasteiger partial charge in [0.25, 0.3) is 0 Å². The smallest absolute Gasteiger partial charge is 0.397 e. The van der Waals surface area contributed by atoms with Crippen LogP contribution in [-0.2, 0) is 6.54 Å². The molecular formula is C16H14F6N2. The van der Waals surface area contributed by atoms with Gasteiger partial charge in [-0.1, -0.05) is 36.4 Å². The van der Waals surface area contributed by atoms with Crippen molar-refractivity contribution in [1.82, 2.24) is 0 Å². The highest BCUT2D eigenvalue weighted by atomic mass is 19.4. The van der Waals surface area contributed by atoms with Crippen molar-refractivity contribution in [3.05, 3.63) is 59.7 Å². The van der Waals surface area contributed by atoms with Crippen LogP contribution in [-0.4, -0.2) is 12.4 Å². The fraction of sp³-hybridized carbons (Fsp3) is 0.250. The monoisotopic (exact) mass is 348 g/mol. The van der Waals surface area contributed by atoms with Gasteiger partial charge in [-0.3, -0.25) is 0 Å². The van der Waals surface area contributed by atoms with E-state index in [2.05, 4.69) is 5.32 Å². The lowest BCUT2D eigenvalue weighted by Gasteiger charge is -2.24. The van der Waals surface area contributed by atoms with Crippen LogP contribution in [0.15, 0.2) is 48.5 Å². The second-order valence-electron chi connectivity index (χ2n) is 5.20. The minimum absolute atomic E-state index is 0.179. The van der Waals surface area contributed by atoms with Crippen LogP contribution in [0.4, 0.5) is 37.7 Å². The van der Waals surface area contributed by atoms with E-state index in [0.29, 0.717) is 12.6 Å². The van der Waals surface area contributed by atoms with Crippen LogP contribution >= 0.6 is 0 Å². The van der Waals surface area contributed by atoms with Crippen molar-refractivity contribution >= 4 is 11.4 Å². The number of benzene rings is 2. The molecule has 24 heavy (non-hydrogen) atoms. The highest BCUT2D eigenvalue weighted by molar-refractivity contribution is 5.67. The standard InChI is InChI=1S/C16H14F6N2/c17-15(18,19)14(16(20,21)22)11-6-7-13(12(23)8-11)24-9-10-4-2-1-3-5-10/h1-8,14,24H,9,23H2. The number of hydrogen-bond donors (Lipinski definition) is 2. The molecule has 0 unspecified atom stereocenters. The molecule has 8 heteroatoms. The van der Waals surface area contributed by atoms with Gasteiger partial charge in [-0.05, 0) is 23.3 Å². The van der Waals surface area contributed by atoms with E-state index in [-0.39, 0.29) is 11.4 Å². The van der Waals surface area contributed by atoms with Gasteiger partial charge in [-0.25, -0.2) is 0 Å². The molecule has 0 aliphatic heterocycles. The quantitative estimate of drug-likeness (QED) is 0.597. The summed E-state index contributed by atoms with van der Waals surface area (Å²) < 4.78 is 76.4. The van der Waals surface area contributed by atoms with Crippen molar-refractivity contribution < 1.29 is 26.3 Å². The Morgan fingerprint density at radius 3 is 1.96 bits per heavy atom. The van der Waals surface area contributed by atoms with Crippen LogP contribution in [0.3, 0.4) is 0 Å². The van der Waals surface area contributed by atoms with Crippen LogP contribution in [0.25, 0.3) is 0 Å². The maximum absolute atomic E-state index is 12.7. The van der Waals surface area contributed by atoms with Crippen LogP contribution in [0, 0.1) is 0 Å². The van der Waals surface area contributed by atoms with Gasteiger partial charge in [-0.15, -0.1) is 0 Å². The first kappa shape index (κ1) is 18.0. The summed E-state index contributed by atoms with van der Waals surface area (Å²) in [7, 11) is 0. The largest absolute Gasteiger partial charge is 0.404 e. The SMILES string of the molecule is Nc1cc(C(C(F)(F)F)C(F)(F)F)ccc1NCc1ccccc1. The number of nitrogen functional groups attached to an aromatic ring is 1. The molecule has 0 saturated heterocycles. The zero-order valence-corrected chi connectivity index (χ0v) is 12.2. The molecule has 0 saturated carbocycles. The van der Waals surface area contributed by atoms with Crippen LogP contribution in [0.5, 0.6) is 0 Å². The number of nitrogens with one attached hydrogen (secondary N) is 1. The molecule has 130 valence electrons. The number of halogens is 6. The second-order valence-corrected chi connectivity index (χ2v) is 5.20. The van der Waals surface area contributed by atoms with Gasteiger partial charge in [0.1, 0.15) is 0 Å². The Morgan fingerprint density at radius 2 is 1.46 bits per heavy atom. The first-order valence-electron chi connectivity index (χ1n) is 6.89. The normalized spacial score (nSPS) is 12.5. The third kappa shape index (κ3) is 4.33. The van der Waals surface area contributed by atoms with Gasteiger partial charge >= 0.3 is 12.4 Å². The van der Waals surface area contributed by atoms with Crippen LogP contribution < -0.4 is 11.1 Å². The van der Waals surface area contributed by atoms with E-state index in [0.717, 1.165) is 17.7 Å². The molecule has 0 radical (unpaired) electrons. The lowest BCUT2D eigenvalue weighted by atomic mass is 9.97. The maximum atomic E-state index is 12.7. The van der Waals surface area contributed by atoms with Gasteiger partial charge < -0.3 is 11.1 Å². The Morgan fingerprint density at radius 1 is 0.875 bits per heavy atom. The molecule has 2 rings (SSSR count). The van der Waals surface area contributed by atoms with Crippen molar-refractivity contribution in [2.75, 3.05) is 11.1 Å². The van der Waals surface area contributed by atoms with E-state index in [1.54, 1.807) is 12.1 Å². The van der Waals surface area contributed by atoms with Crippen molar-refractivity contribution in [2.24, 2.45) is 0 Å². The molecule has 2 aromatic carbocycles. The Balaban J connectivity index is 2.22. The summed E-state index contributed by atoms with van der Waals surface area (Å²) >= 11 is 0. The first-order valence-corrected chi connectivity index (χ1v) is 6.89. The van der Waals surface area contributed by atoms with Crippen molar-refractivity contribution in [2.45, 2.75) is 24.8 Å². The van der Waals surface area contributed by atoms with Gasteiger partial charge in [0, 0.05) is 6.54 Å². The van der Waals surface area contributed by atoms with Crippen molar-refractivity contribution in [3.8, 4) is 0 Å². The topological polar surface area (TPSA) is 38.0 Å². The van der Waals surface area contributed by atoms with E-state index >= 15 is 0 Å². The summed E-state index contributed by atoms with van der Waals surface area (Å²) in [5.41, 5.74) is 5.66. The molecule has 2 nitrogen and oxygen atoms in total. The third-order valence-electron chi connectivity index (χ3n) is 3.39. The van der Waals surface area contributed by atoms with Crippen molar-refractivity contribution in [1.29, 1.82) is 0 Å². The summed E-state index contributed by atoms with van der Waals surface area (Å²) in [5.74, 6) is -3.56. The second kappa shape index (κ2) is 6.62. The Hall–Kier alpha value is -2.38. The average Bonchev–Trinajstić information content (AvgIpc) is 2.44. The summed E-state index contributed by atoms with van der Waals surface area (Å²) in [4.78, 5) is 0. The third-order valence-corrected chi connectivity index (χ3v) is 3.39. The predicted octanol–water partition coefficient (Wildman–Crippen LogP) is 5.09. The van der Waals surface area contributed by atoms with E-state index < -0.39 is 23.8 Å². The molecule has 0 aromatic heterocycles. The Labute approximate surface area is 134 Å². The van der Waals surface area contributed by atoms with E-state index in [4.69, 9.17) is 5.73 Å². The summed E-state index contributed by atoms with van der Waals surface area (Å²) in [6.07, 6.45) is -10.9. The molecule has 0 heterocycles. The Bertz CT molecular complexity index is 665. The summed E-state index contributed by atoms with van der Waals surface area (Å²) in [6, 6.07) is 11.7. The van der Waals surface area contributed by atoms with Gasteiger partial charge in [0.05, 0.1) is 11.4 Å². The lowest BCUT2D eigenvalue weighted by molar-refractivity contribution is -0.253. The highest BCUT2D eigenvalue weighted by Gasteiger charge is 2.57. The first-order chi connectivity index (χ1) is 11.1. The molecule has 0 amide bonds. The molecule has 0 aliphatic rings. The zero-order valence-electron chi connectivity index (χ0n) is 12.2. The molecular weight excluding hydrogens is 334 g/mol. The maximum Gasteiger partial charge on any atom is 0.404 e. The van der Waals surface area contributed by atoms with E-state index in [1.807, 2.05) is 18.2 Å². The van der Waals surface area contributed by atoms with E-state index in [1.165, 1.54) is 0 Å². The van der Waals surface area contributed by atoms with Crippen LogP contribution in [0.2, 0.25) is 0 Å². The minimum Gasteiger partial charge on any atom is -0.397 e. The average molecular weight is 348 g/mol. The minimum atomic E-state index is -5.44. The van der Waals surface area contributed by atoms with E-state index in [9.17, 15) is 26.3 Å². The molecule has 0 atom stereocenters. The van der Waals surface area contributed by atoms with Crippen molar-refractivity contribution in [3.63, 3.8) is 0 Å². The van der Waals surface area contributed by atoms with Gasteiger partial charge in [0.15, 0.2) is 5.92 Å². The van der Waals surface area contributed by atoms with Gasteiger partial charge in [-0.2, -0.15) is 26.3 Å². The number of alkyl halides is 6. The number of hydrogen-bond acceptors (Lipinski definition) is 2. The molecule has 0 bridgehead atoms.